The maximum atomic E-state index is 11.9. The molecule has 1 heterocycles. The number of nitrogens with one attached hydrogen (secondary N) is 1. The third-order valence-corrected chi connectivity index (χ3v) is 3.55. The molecular formula is C11H14F3NOS. The van der Waals surface area contributed by atoms with Gasteiger partial charge in [-0.15, -0.1) is 0 Å². The lowest BCUT2D eigenvalue weighted by atomic mass is 9.93. The standard InChI is InChI=1S/C11H14F3NOS/c12-11(13,14)17-7-5-15-9-2-1-3-10-8(9)4-6-16-10/h4,6,9,15H,1-3,5,7H2. The SMILES string of the molecule is FC(F)(F)SCCNC1CCCc2occc21. The molecule has 0 amide bonds. The van der Waals surface area contributed by atoms with E-state index in [1.165, 1.54) is 0 Å². The zero-order valence-corrected chi connectivity index (χ0v) is 10.0. The number of halogens is 3. The predicted octanol–water partition coefficient (Wildman–Crippen LogP) is 3.50. The molecule has 0 saturated heterocycles. The van der Waals surface area contributed by atoms with E-state index in [4.69, 9.17) is 4.42 Å². The van der Waals surface area contributed by atoms with Crippen LogP contribution in [0.2, 0.25) is 0 Å². The number of hydrogen-bond donors (Lipinski definition) is 1. The Morgan fingerprint density at radius 1 is 1.47 bits per heavy atom. The average molecular weight is 265 g/mol. The Morgan fingerprint density at radius 2 is 2.29 bits per heavy atom. The van der Waals surface area contributed by atoms with Crippen LogP contribution in [0.1, 0.15) is 30.2 Å². The molecule has 0 radical (unpaired) electrons. The van der Waals surface area contributed by atoms with Crippen LogP contribution in [0.4, 0.5) is 13.2 Å². The smallest absolute Gasteiger partial charge is 0.441 e. The molecule has 1 aliphatic rings. The number of aryl methyl sites for hydroxylation is 1. The van der Waals surface area contributed by atoms with Crippen LogP contribution in [0.15, 0.2) is 16.7 Å². The molecule has 0 fully saturated rings. The molecule has 6 heteroatoms. The lowest BCUT2D eigenvalue weighted by Crippen LogP contribution is -2.27. The summed E-state index contributed by atoms with van der Waals surface area (Å²) in [5.41, 5.74) is -3.03. The normalized spacial score (nSPS) is 20.3. The minimum absolute atomic E-state index is 0.0196. The Morgan fingerprint density at radius 3 is 3.06 bits per heavy atom. The highest BCUT2D eigenvalue weighted by molar-refractivity contribution is 8.00. The highest BCUT2D eigenvalue weighted by Crippen LogP contribution is 2.32. The fourth-order valence-corrected chi connectivity index (χ4v) is 2.55. The van der Waals surface area contributed by atoms with Crippen molar-refractivity contribution >= 4 is 11.8 Å². The summed E-state index contributed by atoms with van der Waals surface area (Å²) in [4.78, 5) is 0. The molecule has 1 aliphatic carbocycles. The lowest BCUT2D eigenvalue weighted by Gasteiger charge is -2.22. The Balaban J connectivity index is 1.78. The van der Waals surface area contributed by atoms with Crippen molar-refractivity contribution in [2.45, 2.75) is 30.8 Å². The summed E-state index contributed by atoms with van der Waals surface area (Å²) in [7, 11) is 0. The van der Waals surface area contributed by atoms with Crippen LogP contribution in [-0.4, -0.2) is 17.8 Å². The van der Waals surface area contributed by atoms with Gasteiger partial charge in [0.15, 0.2) is 0 Å². The molecule has 0 spiro atoms. The van der Waals surface area contributed by atoms with Crippen LogP contribution in [0.3, 0.4) is 0 Å². The molecule has 1 unspecified atom stereocenters. The minimum atomic E-state index is -4.13. The van der Waals surface area contributed by atoms with Crippen molar-refractivity contribution in [3.8, 4) is 0 Å². The molecule has 96 valence electrons. The predicted molar refractivity (Wildman–Crippen MR) is 60.9 cm³/mol. The van der Waals surface area contributed by atoms with Gasteiger partial charge in [-0.05, 0) is 30.7 Å². The molecule has 2 nitrogen and oxygen atoms in total. The van der Waals surface area contributed by atoms with Crippen LogP contribution >= 0.6 is 11.8 Å². The van der Waals surface area contributed by atoms with Crippen LogP contribution in [0.25, 0.3) is 0 Å². The summed E-state index contributed by atoms with van der Waals surface area (Å²) in [6.45, 7) is 0.361. The highest BCUT2D eigenvalue weighted by Gasteiger charge is 2.28. The Hall–Kier alpha value is -0.620. The van der Waals surface area contributed by atoms with Crippen molar-refractivity contribution in [3.05, 3.63) is 23.7 Å². The Labute approximate surface area is 102 Å². The van der Waals surface area contributed by atoms with E-state index in [0.717, 1.165) is 30.6 Å². The maximum absolute atomic E-state index is 11.9. The molecule has 2 rings (SSSR count). The summed E-state index contributed by atoms with van der Waals surface area (Å²) < 4.78 is 41.1. The van der Waals surface area contributed by atoms with Gasteiger partial charge in [0, 0.05) is 30.3 Å². The Kier molecular flexibility index (Phi) is 4.04. The number of thioether (sulfide) groups is 1. The van der Waals surface area contributed by atoms with Gasteiger partial charge in [0.1, 0.15) is 5.76 Å². The van der Waals surface area contributed by atoms with Gasteiger partial charge in [-0.2, -0.15) is 13.2 Å². The van der Waals surface area contributed by atoms with Crippen molar-refractivity contribution in [2.75, 3.05) is 12.3 Å². The third kappa shape index (κ3) is 3.67. The van der Waals surface area contributed by atoms with Crippen molar-refractivity contribution in [1.29, 1.82) is 0 Å². The van der Waals surface area contributed by atoms with Gasteiger partial charge in [-0.25, -0.2) is 0 Å². The van der Waals surface area contributed by atoms with Crippen molar-refractivity contribution in [2.24, 2.45) is 0 Å². The summed E-state index contributed by atoms with van der Waals surface area (Å²) in [6.07, 6.45) is 4.56. The number of furan rings is 1. The molecular weight excluding hydrogens is 251 g/mol. The van der Waals surface area contributed by atoms with E-state index >= 15 is 0 Å². The number of alkyl halides is 3. The zero-order valence-electron chi connectivity index (χ0n) is 9.22. The molecule has 0 aromatic carbocycles. The summed E-state index contributed by atoms with van der Waals surface area (Å²) in [5, 5.41) is 3.16. The van der Waals surface area contributed by atoms with Crippen LogP contribution in [0, 0.1) is 0 Å². The number of hydrogen-bond acceptors (Lipinski definition) is 3. The maximum Gasteiger partial charge on any atom is 0.441 e. The molecule has 0 bridgehead atoms. The second kappa shape index (κ2) is 5.35. The van der Waals surface area contributed by atoms with Gasteiger partial charge >= 0.3 is 5.51 Å². The van der Waals surface area contributed by atoms with Gasteiger partial charge in [0.25, 0.3) is 0 Å². The van der Waals surface area contributed by atoms with E-state index in [9.17, 15) is 13.2 Å². The summed E-state index contributed by atoms with van der Waals surface area (Å²) in [6, 6.07) is 2.05. The van der Waals surface area contributed by atoms with E-state index in [-0.39, 0.29) is 23.6 Å². The third-order valence-electron chi connectivity index (χ3n) is 2.81. The van der Waals surface area contributed by atoms with Crippen LogP contribution in [0.5, 0.6) is 0 Å². The summed E-state index contributed by atoms with van der Waals surface area (Å²) in [5.74, 6) is 1.02. The molecule has 1 aromatic rings. The van der Waals surface area contributed by atoms with Crippen LogP contribution in [-0.2, 0) is 6.42 Å². The molecule has 1 N–H and O–H groups in total. The first-order valence-electron chi connectivity index (χ1n) is 5.56. The summed E-state index contributed by atoms with van der Waals surface area (Å²) >= 11 is 0.0196. The first kappa shape index (κ1) is 12.8. The topological polar surface area (TPSA) is 25.2 Å². The van der Waals surface area contributed by atoms with Gasteiger partial charge < -0.3 is 9.73 Å². The van der Waals surface area contributed by atoms with Crippen molar-refractivity contribution in [3.63, 3.8) is 0 Å². The molecule has 0 saturated carbocycles. The monoisotopic (exact) mass is 265 g/mol. The van der Waals surface area contributed by atoms with Crippen molar-refractivity contribution in [1.82, 2.24) is 5.32 Å². The molecule has 1 atom stereocenters. The van der Waals surface area contributed by atoms with E-state index in [1.807, 2.05) is 6.07 Å². The van der Waals surface area contributed by atoms with E-state index in [2.05, 4.69) is 5.32 Å². The van der Waals surface area contributed by atoms with Gasteiger partial charge in [-0.1, -0.05) is 0 Å². The largest absolute Gasteiger partial charge is 0.469 e. The van der Waals surface area contributed by atoms with Crippen LogP contribution < -0.4 is 5.32 Å². The second-order valence-electron chi connectivity index (χ2n) is 3.99. The second-order valence-corrected chi connectivity index (χ2v) is 5.15. The average Bonchev–Trinajstić information content (AvgIpc) is 2.71. The quantitative estimate of drug-likeness (QED) is 0.843. The molecule has 0 aliphatic heterocycles. The molecule has 1 aromatic heterocycles. The first-order chi connectivity index (χ1) is 8.06. The van der Waals surface area contributed by atoms with E-state index in [1.54, 1.807) is 6.26 Å². The first-order valence-corrected chi connectivity index (χ1v) is 6.55. The number of rotatable bonds is 4. The van der Waals surface area contributed by atoms with E-state index in [0.29, 0.717) is 6.54 Å². The minimum Gasteiger partial charge on any atom is -0.469 e. The lowest BCUT2D eigenvalue weighted by molar-refractivity contribution is -0.0327. The molecule has 17 heavy (non-hydrogen) atoms. The zero-order chi connectivity index (χ0) is 12.3. The Bertz CT molecular complexity index is 364. The van der Waals surface area contributed by atoms with E-state index < -0.39 is 5.51 Å². The van der Waals surface area contributed by atoms with Gasteiger partial charge in [-0.3, -0.25) is 0 Å². The highest BCUT2D eigenvalue weighted by atomic mass is 32.2. The van der Waals surface area contributed by atoms with Gasteiger partial charge in [0.05, 0.1) is 6.26 Å². The number of fused-ring (bicyclic) bond motifs is 1. The fraction of sp³-hybridized carbons (Fsp3) is 0.636. The fourth-order valence-electron chi connectivity index (χ4n) is 2.10. The van der Waals surface area contributed by atoms with Gasteiger partial charge in [0.2, 0.25) is 0 Å². The van der Waals surface area contributed by atoms with Crippen molar-refractivity contribution < 1.29 is 17.6 Å².